The second-order valence-corrected chi connectivity index (χ2v) is 7.27. The van der Waals surface area contributed by atoms with E-state index in [2.05, 4.69) is 26.1 Å². The molecule has 1 N–H and O–H groups in total. The molecule has 0 bridgehead atoms. The zero-order chi connectivity index (χ0) is 18.6. The third-order valence-electron chi connectivity index (χ3n) is 3.97. The van der Waals surface area contributed by atoms with Crippen LogP contribution < -0.4 is 5.32 Å². The van der Waals surface area contributed by atoms with E-state index in [0.717, 1.165) is 11.1 Å². The van der Waals surface area contributed by atoms with Crippen molar-refractivity contribution in [1.82, 2.24) is 0 Å². The molecule has 0 heterocycles. The predicted molar refractivity (Wildman–Crippen MR) is 100.0 cm³/mol. The highest BCUT2D eigenvalue weighted by atomic mass is 16.5. The first-order chi connectivity index (χ1) is 11.7. The van der Waals surface area contributed by atoms with Gasteiger partial charge in [0.15, 0.2) is 6.61 Å². The maximum absolute atomic E-state index is 12.1. The fraction of sp³-hybridized carbons (Fsp3) is 0.333. The second-order valence-electron chi connectivity index (χ2n) is 7.27. The van der Waals surface area contributed by atoms with E-state index in [1.165, 1.54) is 5.56 Å². The lowest BCUT2D eigenvalue weighted by molar-refractivity contribution is -0.119. The van der Waals surface area contributed by atoms with E-state index in [9.17, 15) is 9.59 Å². The number of esters is 1. The molecule has 0 saturated heterocycles. The topological polar surface area (TPSA) is 55.4 Å². The molecular formula is C21H25NO3. The van der Waals surface area contributed by atoms with Gasteiger partial charge in [-0.05, 0) is 48.6 Å². The number of rotatable bonds is 4. The third kappa shape index (κ3) is 5.18. The molecular weight excluding hydrogens is 314 g/mol. The molecule has 0 aliphatic carbocycles. The Morgan fingerprint density at radius 2 is 1.64 bits per heavy atom. The molecule has 0 aromatic heterocycles. The summed E-state index contributed by atoms with van der Waals surface area (Å²) in [5.41, 5.74) is 4.32. The van der Waals surface area contributed by atoms with Gasteiger partial charge in [-0.2, -0.15) is 0 Å². The number of nitrogens with one attached hydrogen (secondary N) is 1. The summed E-state index contributed by atoms with van der Waals surface area (Å²) in [6.45, 7) is 9.89. The predicted octanol–water partition coefficient (Wildman–Crippen LogP) is 4.40. The lowest BCUT2D eigenvalue weighted by atomic mass is 9.87. The highest BCUT2D eigenvalue weighted by molar-refractivity contribution is 5.96. The van der Waals surface area contributed by atoms with E-state index in [0.29, 0.717) is 11.3 Å². The Morgan fingerprint density at radius 3 is 2.20 bits per heavy atom. The highest BCUT2D eigenvalue weighted by Crippen LogP contribution is 2.23. The van der Waals surface area contributed by atoms with Crippen molar-refractivity contribution in [3.8, 4) is 0 Å². The van der Waals surface area contributed by atoms with Crippen molar-refractivity contribution >= 4 is 17.6 Å². The van der Waals surface area contributed by atoms with Gasteiger partial charge in [-0.15, -0.1) is 0 Å². The van der Waals surface area contributed by atoms with Crippen LogP contribution in [0.1, 0.15) is 47.8 Å². The third-order valence-corrected chi connectivity index (χ3v) is 3.97. The number of benzene rings is 2. The minimum Gasteiger partial charge on any atom is -0.452 e. The molecule has 1 amide bonds. The number of ether oxygens (including phenoxy) is 1. The van der Waals surface area contributed by atoms with Crippen LogP contribution >= 0.6 is 0 Å². The largest absolute Gasteiger partial charge is 0.452 e. The Morgan fingerprint density at radius 1 is 1.00 bits per heavy atom. The average Bonchev–Trinajstić information content (AvgIpc) is 2.52. The quantitative estimate of drug-likeness (QED) is 0.840. The smallest absolute Gasteiger partial charge is 0.338 e. The second kappa shape index (κ2) is 7.51. The van der Waals surface area contributed by atoms with Gasteiger partial charge >= 0.3 is 5.97 Å². The number of anilines is 1. The Labute approximate surface area is 149 Å². The Bertz CT molecular complexity index is 771. The van der Waals surface area contributed by atoms with Crippen molar-refractivity contribution in [1.29, 1.82) is 0 Å². The Hall–Kier alpha value is -2.62. The number of carbonyl (C=O) groups excluding carboxylic acids is 2. The van der Waals surface area contributed by atoms with Gasteiger partial charge in [0, 0.05) is 5.69 Å². The zero-order valence-corrected chi connectivity index (χ0v) is 15.5. The van der Waals surface area contributed by atoms with Gasteiger partial charge in [0.25, 0.3) is 5.91 Å². The van der Waals surface area contributed by atoms with E-state index in [1.54, 1.807) is 6.07 Å². The molecule has 0 aliphatic rings. The maximum atomic E-state index is 12.1. The van der Waals surface area contributed by atoms with Gasteiger partial charge in [0.05, 0.1) is 5.56 Å². The van der Waals surface area contributed by atoms with Gasteiger partial charge in [-0.25, -0.2) is 4.79 Å². The number of hydrogen-bond acceptors (Lipinski definition) is 3. The lowest BCUT2D eigenvalue weighted by Gasteiger charge is -2.19. The molecule has 4 nitrogen and oxygen atoms in total. The molecule has 0 atom stereocenters. The van der Waals surface area contributed by atoms with E-state index in [1.807, 2.05) is 50.2 Å². The van der Waals surface area contributed by atoms with Crippen LogP contribution in [0.4, 0.5) is 5.69 Å². The van der Waals surface area contributed by atoms with Crippen molar-refractivity contribution in [3.05, 3.63) is 64.7 Å². The molecule has 132 valence electrons. The van der Waals surface area contributed by atoms with Crippen LogP contribution in [0.25, 0.3) is 0 Å². The standard InChI is InChI=1S/C21H25NO3/c1-14-6-11-18(15(2)12-14)20(24)25-13-19(23)22-17-9-7-16(8-10-17)21(3,4)5/h6-12H,13H2,1-5H3,(H,22,23). The minimum absolute atomic E-state index is 0.0595. The van der Waals surface area contributed by atoms with Crippen LogP contribution in [0.3, 0.4) is 0 Å². The zero-order valence-electron chi connectivity index (χ0n) is 15.5. The molecule has 4 heteroatoms. The molecule has 0 aliphatic heterocycles. The van der Waals surface area contributed by atoms with Crippen LogP contribution in [0.5, 0.6) is 0 Å². The summed E-state index contributed by atoms with van der Waals surface area (Å²) < 4.78 is 5.11. The summed E-state index contributed by atoms with van der Waals surface area (Å²) in [6, 6.07) is 13.1. The van der Waals surface area contributed by atoms with E-state index in [-0.39, 0.29) is 17.9 Å². The molecule has 2 aromatic carbocycles. The normalized spacial score (nSPS) is 11.1. The molecule has 2 aromatic rings. The fourth-order valence-electron chi connectivity index (χ4n) is 2.50. The van der Waals surface area contributed by atoms with Crippen LogP contribution in [-0.4, -0.2) is 18.5 Å². The number of carbonyl (C=O) groups is 2. The molecule has 0 saturated carbocycles. The van der Waals surface area contributed by atoms with Crippen LogP contribution in [0, 0.1) is 13.8 Å². The summed E-state index contributed by atoms with van der Waals surface area (Å²) in [5.74, 6) is -0.850. The van der Waals surface area contributed by atoms with Gasteiger partial charge < -0.3 is 10.1 Å². The first kappa shape index (κ1) is 18.7. The van der Waals surface area contributed by atoms with Crippen molar-refractivity contribution in [2.75, 3.05) is 11.9 Å². The molecule has 0 spiro atoms. The van der Waals surface area contributed by atoms with E-state index >= 15 is 0 Å². The summed E-state index contributed by atoms with van der Waals surface area (Å²) >= 11 is 0. The summed E-state index contributed by atoms with van der Waals surface area (Å²) in [6.07, 6.45) is 0. The maximum Gasteiger partial charge on any atom is 0.338 e. The molecule has 0 fully saturated rings. The summed E-state index contributed by atoms with van der Waals surface area (Å²) in [4.78, 5) is 24.1. The molecule has 2 rings (SSSR count). The molecule has 25 heavy (non-hydrogen) atoms. The SMILES string of the molecule is Cc1ccc(C(=O)OCC(=O)Nc2ccc(C(C)(C)C)cc2)c(C)c1. The van der Waals surface area contributed by atoms with Crippen LogP contribution in [0.15, 0.2) is 42.5 Å². The fourth-order valence-corrected chi connectivity index (χ4v) is 2.50. The molecule has 0 radical (unpaired) electrons. The molecule has 0 unspecified atom stereocenters. The van der Waals surface area contributed by atoms with Crippen molar-refractivity contribution in [2.24, 2.45) is 0 Å². The summed E-state index contributed by atoms with van der Waals surface area (Å²) in [7, 11) is 0. The Balaban J connectivity index is 1.91. The number of amides is 1. The van der Waals surface area contributed by atoms with Crippen LogP contribution in [0.2, 0.25) is 0 Å². The first-order valence-corrected chi connectivity index (χ1v) is 8.31. The van der Waals surface area contributed by atoms with Gasteiger partial charge in [-0.1, -0.05) is 50.6 Å². The Kier molecular flexibility index (Phi) is 5.62. The first-order valence-electron chi connectivity index (χ1n) is 8.31. The highest BCUT2D eigenvalue weighted by Gasteiger charge is 2.14. The van der Waals surface area contributed by atoms with Gasteiger partial charge in [0.1, 0.15) is 0 Å². The van der Waals surface area contributed by atoms with Crippen molar-refractivity contribution < 1.29 is 14.3 Å². The van der Waals surface area contributed by atoms with Gasteiger partial charge in [0.2, 0.25) is 0 Å². The van der Waals surface area contributed by atoms with E-state index < -0.39 is 5.97 Å². The van der Waals surface area contributed by atoms with E-state index in [4.69, 9.17) is 4.74 Å². The van der Waals surface area contributed by atoms with Gasteiger partial charge in [-0.3, -0.25) is 4.79 Å². The lowest BCUT2D eigenvalue weighted by Crippen LogP contribution is -2.21. The van der Waals surface area contributed by atoms with Crippen LogP contribution in [-0.2, 0) is 14.9 Å². The minimum atomic E-state index is -0.490. The number of aryl methyl sites for hydroxylation is 2. The van der Waals surface area contributed by atoms with Crippen molar-refractivity contribution in [3.63, 3.8) is 0 Å². The monoisotopic (exact) mass is 339 g/mol. The number of hydrogen-bond donors (Lipinski definition) is 1. The van der Waals surface area contributed by atoms with Crippen molar-refractivity contribution in [2.45, 2.75) is 40.0 Å². The summed E-state index contributed by atoms with van der Waals surface area (Å²) in [5, 5.41) is 2.73. The average molecular weight is 339 g/mol.